The zero-order chi connectivity index (χ0) is 12.2. The standard InChI is InChI=1S/C14H16N4/c1-2-13-3-4-17-14(13)9-12(1)10-15-5-7-18-8-6-16-11-18/h1-4,6,8-9,11,15,17H,5,7,10H2. The summed E-state index contributed by atoms with van der Waals surface area (Å²) in [6, 6.07) is 8.60. The van der Waals surface area contributed by atoms with E-state index in [9.17, 15) is 0 Å². The van der Waals surface area contributed by atoms with Crippen molar-refractivity contribution >= 4 is 10.9 Å². The van der Waals surface area contributed by atoms with Crippen LogP contribution in [0.1, 0.15) is 5.56 Å². The van der Waals surface area contributed by atoms with Crippen LogP contribution in [0.3, 0.4) is 0 Å². The molecule has 0 spiro atoms. The van der Waals surface area contributed by atoms with E-state index in [4.69, 9.17) is 0 Å². The Hall–Kier alpha value is -2.07. The van der Waals surface area contributed by atoms with E-state index in [1.807, 2.05) is 18.7 Å². The minimum atomic E-state index is 0.893. The molecule has 0 aliphatic carbocycles. The van der Waals surface area contributed by atoms with Crippen LogP contribution in [0.15, 0.2) is 49.2 Å². The second-order valence-corrected chi connectivity index (χ2v) is 4.38. The summed E-state index contributed by atoms with van der Waals surface area (Å²) in [7, 11) is 0. The highest BCUT2D eigenvalue weighted by molar-refractivity contribution is 5.79. The number of nitrogens with zero attached hydrogens (tertiary/aromatic N) is 2. The Balaban J connectivity index is 1.53. The topological polar surface area (TPSA) is 45.6 Å². The molecular formula is C14H16N4. The van der Waals surface area contributed by atoms with Crippen LogP contribution in [0.5, 0.6) is 0 Å². The largest absolute Gasteiger partial charge is 0.361 e. The lowest BCUT2D eigenvalue weighted by atomic mass is 10.1. The number of aromatic nitrogens is 3. The van der Waals surface area contributed by atoms with Crippen LogP contribution in [0.2, 0.25) is 0 Å². The Morgan fingerprint density at radius 2 is 2.28 bits per heavy atom. The lowest BCUT2D eigenvalue weighted by Gasteiger charge is -2.05. The van der Waals surface area contributed by atoms with Gasteiger partial charge in [0.15, 0.2) is 0 Å². The summed E-state index contributed by atoms with van der Waals surface area (Å²) in [6.07, 6.45) is 7.60. The molecule has 0 bridgehead atoms. The highest BCUT2D eigenvalue weighted by Crippen LogP contribution is 2.13. The molecule has 0 unspecified atom stereocenters. The van der Waals surface area contributed by atoms with E-state index in [0.717, 1.165) is 19.6 Å². The van der Waals surface area contributed by atoms with Crippen molar-refractivity contribution in [2.75, 3.05) is 6.54 Å². The minimum absolute atomic E-state index is 0.893. The van der Waals surface area contributed by atoms with E-state index in [0.29, 0.717) is 0 Å². The van der Waals surface area contributed by atoms with E-state index in [-0.39, 0.29) is 0 Å². The molecule has 0 fully saturated rings. The number of hydrogen-bond acceptors (Lipinski definition) is 2. The maximum absolute atomic E-state index is 4.02. The molecule has 2 heterocycles. The third-order valence-electron chi connectivity index (χ3n) is 3.05. The Bertz CT molecular complexity index is 610. The first-order chi connectivity index (χ1) is 8.92. The van der Waals surface area contributed by atoms with Crippen LogP contribution < -0.4 is 5.32 Å². The fourth-order valence-corrected chi connectivity index (χ4v) is 2.06. The van der Waals surface area contributed by atoms with Gasteiger partial charge in [0.1, 0.15) is 0 Å². The molecule has 0 atom stereocenters. The number of imidazole rings is 1. The molecule has 3 rings (SSSR count). The predicted molar refractivity (Wildman–Crippen MR) is 72.2 cm³/mol. The molecule has 18 heavy (non-hydrogen) atoms. The summed E-state index contributed by atoms with van der Waals surface area (Å²) < 4.78 is 2.07. The summed E-state index contributed by atoms with van der Waals surface area (Å²) in [6.45, 7) is 2.79. The number of benzene rings is 1. The number of nitrogens with one attached hydrogen (secondary N) is 2. The van der Waals surface area contributed by atoms with Gasteiger partial charge in [-0.15, -0.1) is 0 Å². The van der Waals surface area contributed by atoms with Crippen LogP contribution in [-0.4, -0.2) is 21.1 Å². The number of H-pyrrole nitrogens is 1. The van der Waals surface area contributed by atoms with Gasteiger partial charge < -0.3 is 14.9 Å². The monoisotopic (exact) mass is 240 g/mol. The molecule has 4 nitrogen and oxygen atoms in total. The molecule has 0 saturated carbocycles. The summed E-state index contributed by atoms with van der Waals surface area (Å²) in [5.41, 5.74) is 2.50. The SMILES string of the molecule is c1cn(CCNCc2ccc3cc[nH]c3c2)cn1. The lowest BCUT2D eigenvalue weighted by molar-refractivity contribution is 0.597. The fraction of sp³-hybridized carbons (Fsp3) is 0.214. The van der Waals surface area contributed by atoms with Gasteiger partial charge in [-0.2, -0.15) is 0 Å². The number of hydrogen-bond donors (Lipinski definition) is 2. The smallest absolute Gasteiger partial charge is 0.0946 e. The third kappa shape index (κ3) is 2.43. The van der Waals surface area contributed by atoms with Crippen LogP contribution in [0.4, 0.5) is 0 Å². The molecular weight excluding hydrogens is 224 g/mol. The maximum Gasteiger partial charge on any atom is 0.0946 e. The molecule has 0 aliphatic heterocycles. The van der Waals surface area contributed by atoms with Crippen molar-refractivity contribution in [3.05, 3.63) is 54.7 Å². The van der Waals surface area contributed by atoms with E-state index < -0.39 is 0 Å². The van der Waals surface area contributed by atoms with Crippen molar-refractivity contribution in [3.63, 3.8) is 0 Å². The van der Waals surface area contributed by atoms with Crippen LogP contribution in [0, 0.1) is 0 Å². The zero-order valence-corrected chi connectivity index (χ0v) is 10.1. The van der Waals surface area contributed by atoms with Gasteiger partial charge in [-0.1, -0.05) is 12.1 Å². The van der Waals surface area contributed by atoms with Gasteiger partial charge in [0.2, 0.25) is 0 Å². The van der Waals surface area contributed by atoms with Gasteiger partial charge in [-0.05, 0) is 23.1 Å². The molecule has 0 aliphatic rings. The molecule has 2 N–H and O–H groups in total. The highest BCUT2D eigenvalue weighted by atomic mass is 15.0. The zero-order valence-electron chi connectivity index (χ0n) is 10.1. The first kappa shape index (κ1) is 11.0. The number of fused-ring (bicyclic) bond motifs is 1. The minimum Gasteiger partial charge on any atom is -0.361 e. The van der Waals surface area contributed by atoms with Crippen LogP contribution in [-0.2, 0) is 13.1 Å². The summed E-state index contributed by atoms with van der Waals surface area (Å²) in [4.78, 5) is 7.25. The Morgan fingerprint density at radius 1 is 1.28 bits per heavy atom. The van der Waals surface area contributed by atoms with Gasteiger partial charge in [-0.25, -0.2) is 4.98 Å². The lowest BCUT2D eigenvalue weighted by Crippen LogP contribution is -2.18. The average Bonchev–Trinajstić information content (AvgIpc) is 3.05. The predicted octanol–water partition coefficient (Wildman–Crippen LogP) is 2.15. The fourth-order valence-electron chi connectivity index (χ4n) is 2.06. The quantitative estimate of drug-likeness (QED) is 0.671. The van der Waals surface area contributed by atoms with E-state index in [1.54, 1.807) is 6.20 Å². The van der Waals surface area contributed by atoms with Crippen molar-refractivity contribution in [3.8, 4) is 0 Å². The second-order valence-electron chi connectivity index (χ2n) is 4.38. The molecule has 2 aromatic heterocycles. The summed E-state index contributed by atoms with van der Waals surface area (Å²) >= 11 is 0. The second kappa shape index (κ2) is 5.06. The van der Waals surface area contributed by atoms with Crippen molar-refractivity contribution < 1.29 is 0 Å². The van der Waals surface area contributed by atoms with Gasteiger partial charge >= 0.3 is 0 Å². The number of aromatic amines is 1. The van der Waals surface area contributed by atoms with Crippen molar-refractivity contribution in [1.82, 2.24) is 19.9 Å². The molecule has 1 aromatic carbocycles. The maximum atomic E-state index is 4.02. The Labute approximate surface area is 106 Å². The highest BCUT2D eigenvalue weighted by Gasteiger charge is 1.97. The van der Waals surface area contributed by atoms with Gasteiger partial charge in [0, 0.05) is 43.7 Å². The molecule has 3 aromatic rings. The molecule has 0 radical (unpaired) electrons. The van der Waals surface area contributed by atoms with Crippen LogP contribution in [0.25, 0.3) is 10.9 Å². The first-order valence-electron chi connectivity index (χ1n) is 6.14. The van der Waals surface area contributed by atoms with Crippen molar-refractivity contribution in [1.29, 1.82) is 0 Å². The average molecular weight is 240 g/mol. The van der Waals surface area contributed by atoms with E-state index in [1.165, 1.54) is 16.5 Å². The molecule has 4 heteroatoms. The Kier molecular flexibility index (Phi) is 3.10. The van der Waals surface area contributed by atoms with E-state index in [2.05, 4.69) is 44.1 Å². The van der Waals surface area contributed by atoms with Crippen molar-refractivity contribution in [2.24, 2.45) is 0 Å². The number of rotatable bonds is 5. The Morgan fingerprint density at radius 3 is 3.17 bits per heavy atom. The van der Waals surface area contributed by atoms with E-state index >= 15 is 0 Å². The first-order valence-corrected chi connectivity index (χ1v) is 6.14. The van der Waals surface area contributed by atoms with Gasteiger partial charge in [-0.3, -0.25) is 0 Å². The normalized spacial score (nSPS) is 11.1. The third-order valence-corrected chi connectivity index (χ3v) is 3.05. The molecule has 0 amide bonds. The summed E-state index contributed by atoms with van der Waals surface area (Å²) in [5.74, 6) is 0. The molecule has 92 valence electrons. The van der Waals surface area contributed by atoms with Crippen LogP contribution >= 0.6 is 0 Å². The molecule has 0 saturated heterocycles. The van der Waals surface area contributed by atoms with Gasteiger partial charge in [0.25, 0.3) is 0 Å². The van der Waals surface area contributed by atoms with Gasteiger partial charge in [0.05, 0.1) is 6.33 Å². The summed E-state index contributed by atoms with van der Waals surface area (Å²) in [5, 5.41) is 4.70. The van der Waals surface area contributed by atoms with Crippen molar-refractivity contribution in [2.45, 2.75) is 13.1 Å².